The summed E-state index contributed by atoms with van der Waals surface area (Å²) in [7, 11) is 0. The Morgan fingerprint density at radius 3 is 2.35 bits per heavy atom. The fraction of sp³-hybridized carbons (Fsp3) is 0.0667. The molecule has 3 nitrogen and oxygen atoms in total. The van der Waals surface area contributed by atoms with Gasteiger partial charge in [0.25, 0.3) is 0 Å². The van der Waals surface area contributed by atoms with E-state index in [1.54, 1.807) is 30.3 Å². The third-order valence-electron chi connectivity index (χ3n) is 2.62. The molecule has 0 heterocycles. The Balaban J connectivity index is 2.01. The number of carbonyl (C=O) groups is 2. The number of rotatable bonds is 4. The van der Waals surface area contributed by atoms with Crippen LogP contribution >= 0.6 is 0 Å². The van der Waals surface area contributed by atoms with E-state index in [9.17, 15) is 18.4 Å². The first-order valence-electron chi connectivity index (χ1n) is 5.89. The molecule has 0 aliphatic heterocycles. The Morgan fingerprint density at radius 1 is 1.00 bits per heavy atom. The second-order valence-electron chi connectivity index (χ2n) is 4.14. The highest BCUT2D eigenvalue weighted by atomic mass is 19.1. The van der Waals surface area contributed by atoms with Crippen LogP contribution in [0.15, 0.2) is 48.5 Å². The maximum absolute atomic E-state index is 13.3. The predicted molar refractivity (Wildman–Crippen MR) is 70.4 cm³/mol. The molecule has 0 spiro atoms. The summed E-state index contributed by atoms with van der Waals surface area (Å²) in [5.74, 6) is -2.64. The van der Waals surface area contributed by atoms with Crippen LogP contribution in [0.3, 0.4) is 0 Å². The van der Waals surface area contributed by atoms with E-state index in [1.165, 1.54) is 0 Å². The van der Waals surface area contributed by atoms with Crippen LogP contribution in [-0.4, -0.2) is 11.7 Å². The van der Waals surface area contributed by atoms with E-state index in [0.29, 0.717) is 11.6 Å². The summed E-state index contributed by atoms with van der Waals surface area (Å²) in [6.45, 7) is 0. The van der Waals surface area contributed by atoms with E-state index < -0.39 is 24.0 Å². The Bertz CT molecular complexity index is 642. The second kappa shape index (κ2) is 6.06. The van der Waals surface area contributed by atoms with Crippen molar-refractivity contribution in [3.8, 4) is 0 Å². The Morgan fingerprint density at radius 2 is 1.70 bits per heavy atom. The van der Waals surface area contributed by atoms with Crippen LogP contribution in [0.25, 0.3) is 0 Å². The van der Waals surface area contributed by atoms with Gasteiger partial charge in [-0.2, -0.15) is 0 Å². The average molecular weight is 275 g/mol. The molecule has 2 aromatic rings. The van der Waals surface area contributed by atoms with E-state index >= 15 is 0 Å². The maximum Gasteiger partial charge on any atom is 0.232 e. The van der Waals surface area contributed by atoms with Gasteiger partial charge in [-0.1, -0.05) is 30.3 Å². The zero-order valence-electron chi connectivity index (χ0n) is 10.4. The van der Waals surface area contributed by atoms with E-state index in [0.717, 1.165) is 12.1 Å². The number of Topliss-reactive ketones (excluding diaryl/α,β-unsaturated/α-hetero) is 1. The van der Waals surface area contributed by atoms with Crippen molar-refractivity contribution in [2.45, 2.75) is 6.42 Å². The number of benzene rings is 2. The summed E-state index contributed by atoms with van der Waals surface area (Å²) in [5, 5.41) is 2.24. The summed E-state index contributed by atoms with van der Waals surface area (Å²) in [6.07, 6.45) is -0.402. The molecule has 2 rings (SSSR count). The summed E-state index contributed by atoms with van der Waals surface area (Å²) < 4.78 is 26.0. The van der Waals surface area contributed by atoms with Crippen LogP contribution < -0.4 is 5.32 Å². The van der Waals surface area contributed by atoms with Crippen molar-refractivity contribution in [3.63, 3.8) is 0 Å². The van der Waals surface area contributed by atoms with Gasteiger partial charge in [-0.05, 0) is 12.1 Å². The van der Waals surface area contributed by atoms with Crippen LogP contribution in [0.2, 0.25) is 0 Å². The first-order valence-corrected chi connectivity index (χ1v) is 5.89. The zero-order valence-corrected chi connectivity index (χ0v) is 10.4. The molecule has 102 valence electrons. The standard InChI is InChI=1S/C15H11F2NO2/c16-11-6-7-13(12(17)8-11)18-15(20)9-14(19)10-4-2-1-3-5-10/h1-8H,9H2,(H,18,20). The molecule has 0 saturated heterocycles. The highest BCUT2D eigenvalue weighted by Gasteiger charge is 2.13. The van der Waals surface area contributed by atoms with E-state index in [2.05, 4.69) is 5.32 Å². The molecule has 2 aromatic carbocycles. The van der Waals surface area contributed by atoms with Gasteiger partial charge in [0, 0.05) is 11.6 Å². The fourth-order valence-corrected chi connectivity index (χ4v) is 1.66. The van der Waals surface area contributed by atoms with Crippen LogP contribution in [0, 0.1) is 11.6 Å². The Kier molecular flexibility index (Phi) is 4.20. The molecule has 0 aliphatic carbocycles. The van der Waals surface area contributed by atoms with Crippen molar-refractivity contribution in [3.05, 3.63) is 65.7 Å². The molecule has 0 atom stereocenters. The molecule has 20 heavy (non-hydrogen) atoms. The third kappa shape index (κ3) is 3.47. The van der Waals surface area contributed by atoms with Gasteiger partial charge in [-0.15, -0.1) is 0 Å². The number of hydrogen-bond acceptors (Lipinski definition) is 2. The maximum atomic E-state index is 13.3. The number of nitrogens with one attached hydrogen (secondary N) is 1. The minimum absolute atomic E-state index is 0.155. The van der Waals surface area contributed by atoms with Crippen LogP contribution in [0.4, 0.5) is 14.5 Å². The SMILES string of the molecule is O=C(CC(=O)c1ccccc1)Nc1ccc(F)cc1F. The fourth-order valence-electron chi connectivity index (χ4n) is 1.66. The molecule has 0 radical (unpaired) electrons. The molecule has 1 N–H and O–H groups in total. The molecular weight excluding hydrogens is 264 g/mol. The van der Waals surface area contributed by atoms with Crippen molar-refractivity contribution in [2.24, 2.45) is 0 Å². The minimum Gasteiger partial charge on any atom is -0.323 e. The number of ketones is 1. The first-order chi connectivity index (χ1) is 9.56. The molecule has 0 aromatic heterocycles. The number of halogens is 2. The monoisotopic (exact) mass is 275 g/mol. The lowest BCUT2D eigenvalue weighted by Gasteiger charge is -2.06. The van der Waals surface area contributed by atoms with E-state index in [4.69, 9.17) is 0 Å². The molecular formula is C15H11F2NO2. The highest BCUT2D eigenvalue weighted by Crippen LogP contribution is 2.15. The van der Waals surface area contributed by atoms with Gasteiger partial charge >= 0.3 is 0 Å². The smallest absolute Gasteiger partial charge is 0.232 e. The Hall–Kier alpha value is -2.56. The average Bonchev–Trinajstić information content (AvgIpc) is 2.43. The lowest BCUT2D eigenvalue weighted by Crippen LogP contribution is -2.17. The van der Waals surface area contributed by atoms with Gasteiger partial charge in [-0.3, -0.25) is 9.59 Å². The Labute approximate surface area is 114 Å². The summed E-state index contributed by atoms with van der Waals surface area (Å²) in [6, 6.07) is 11.1. The van der Waals surface area contributed by atoms with Gasteiger partial charge in [0.05, 0.1) is 12.1 Å². The van der Waals surface area contributed by atoms with Crippen LogP contribution in [-0.2, 0) is 4.79 Å². The summed E-state index contributed by atoms with van der Waals surface area (Å²) in [5.41, 5.74) is 0.250. The van der Waals surface area contributed by atoms with Crippen molar-refractivity contribution < 1.29 is 18.4 Å². The quantitative estimate of drug-likeness (QED) is 0.688. The number of anilines is 1. The lowest BCUT2D eigenvalue weighted by atomic mass is 10.1. The first kappa shape index (κ1) is 13.9. The van der Waals surface area contributed by atoms with E-state index in [-0.39, 0.29) is 11.5 Å². The van der Waals surface area contributed by atoms with Gasteiger partial charge < -0.3 is 5.32 Å². The predicted octanol–water partition coefficient (Wildman–Crippen LogP) is 3.18. The molecule has 1 amide bonds. The second-order valence-corrected chi connectivity index (χ2v) is 4.14. The largest absolute Gasteiger partial charge is 0.323 e. The van der Waals surface area contributed by atoms with Gasteiger partial charge in [0.2, 0.25) is 5.91 Å². The highest BCUT2D eigenvalue weighted by molar-refractivity contribution is 6.10. The van der Waals surface area contributed by atoms with Crippen molar-refractivity contribution >= 4 is 17.4 Å². The van der Waals surface area contributed by atoms with Crippen molar-refractivity contribution in [2.75, 3.05) is 5.32 Å². The molecule has 0 aliphatic rings. The summed E-state index contributed by atoms with van der Waals surface area (Å²) >= 11 is 0. The van der Waals surface area contributed by atoms with Gasteiger partial charge in [0.15, 0.2) is 5.78 Å². The number of carbonyl (C=O) groups excluding carboxylic acids is 2. The minimum atomic E-state index is -0.884. The topological polar surface area (TPSA) is 46.2 Å². The van der Waals surface area contributed by atoms with Crippen LogP contribution in [0.5, 0.6) is 0 Å². The molecule has 0 bridgehead atoms. The lowest BCUT2D eigenvalue weighted by molar-refractivity contribution is -0.115. The van der Waals surface area contributed by atoms with Gasteiger partial charge in [-0.25, -0.2) is 8.78 Å². The van der Waals surface area contributed by atoms with Crippen molar-refractivity contribution in [1.82, 2.24) is 0 Å². The molecule has 0 unspecified atom stereocenters. The number of hydrogen-bond donors (Lipinski definition) is 1. The summed E-state index contributed by atoms with van der Waals surface area (Å²) in [4.78, 5) is 23.4. The molecule has 5 heteroatoms. The zero-order chi connectivity index (χ0) is 14.5. The number of amides is 1. The molecule has 0 fully saturated rings. The van der Waals surface area contributed by atoms with Gasteiger partial charge in [0.1, 0.15) is 11.6 Å². The molecule has 0 saturated carbocycles. The van der Waals surface area contributed by atoms with E-state index in [1.807, 2.05) is 0 Å². The third-order valence-corrected chi connectivity index (χ3v) is 2.62. The van der Waals surface area contributed by atoms with Crippen LogP contribution in [0.1, 0.15) is 16.8 Å². The normalized spacial score (nSPS) is 10.1. The van der Waals surface area contributed by atoms with Crippen molar-refractivity contribution in [1.29, 1.82) is 0 Å².